The van der Waals surface area contributed by atoms with Crippen LogP contribution in [0.5, 0.6) is 11.5 Å². The second kappa shape index (κ2) is 13.4. The van der Waals surface area contributed by atoms with E-state index in [1.807, 2.05) is 6.26 Å². The highest BCUT2D eigenvalue weighted by Gasteiger charge is 2.31. The van der Waals surface area contributed by atoms with E-state index in [0.717, 1.165) is 22.6 Å². The molecule has 208 valence electrons. The summed E-state index contributed by atoms with van der Waals surface area (Å²) in [4.78, 5) is 8.96. The van der Waals surface area contributed by atoms with Crippen LogP contribution < -0.4 is 15.2 Å². The summed E-state index contributed by atoms with van der Waals surface area (Å²) < 4.78 is 50.1. The number of benzene rings is 3. The molecule has 0 amide bonds. The zero-order chi connectivity index (χ0) is 29.4. The summed E-state index contributed by atoms with van der Waals surface area (Å²) in [5.41, 5.74) is 7.88. The zero-order valence-corrected chi connectivity index (χ0v) is 23.4. The van der Waals surface area contributed by atoms with E-state index in [-0.39, 0.29) is 6.54 Å². The van der Waals surface area contributed by atoms with E-state index in [1.54, 1.807) is 67.0 Å². The normalized spacial score (nSPS) is 11.6. The molecule has 1 aromatic heterocycles. The van der Waals surface area contributed by atoms with Crippen LogP contribution in [0.15, 0.2) is 102 Å². The SMILES string of the molecule is C=CN=C(NSc1ccc(Oc2ccc(-c3cc(CN)cc(C(F)(F)F)c3)cc2-c2ccncc2)c(C#N)c1)SC. The lowest BCUT2D eigenvalue weighted by molar-refractivity contribution is -0.137. The molecule has 1 heterocycles. The Balaban J connectivity index is 1.73. The summed E-state index contributed by atoms with van der Waals surface area (Å²) >= 11 is 2.71. The number of thioether (sulfide) groups is 1. The van der Waals surface area contributed by atoms with Gasteiger partial charge in [-0.05, 0) is 101 Å². The van der Waals surface area contributed by atoms with Crippen molar-refractivity contribution in [1.82, 2.24) is 9.71 Å². The van der Waals surface area contributed by atoms with E-state index >= 15 is 0 Å². The monoisotopic (exact) mass is 591 g/mol. The summed E-state index contributed by atoms with van der Waals surface area (Å²) in [6, 6.07) is 19.8. The van der Waals surface area contributed by atoms with Gasteiger partial charge in [-0.15, -0.1) is 0 Å². The molecule has 0 bridgehead atoms. The van der Waals surface area contributed by atoms with Crippen molar-refractivity contribution in [2.75, 3.05) is 6.26 Å². The summed E-state index contributed by atoms with van der Waals surface area (Å²) in [5, 5.41) is 10.5. The molecule has 41 heavy (non-hydrogen) atoms. The van der Waals surface area contributed by atoms with Crippen molar-refractivity contribution in [2.45, 2.75) is 17.6 Å². The number of pyridine rings is 1. The van der Waals surface area contributed by atoms with Crippen LogP contribution in [0.4, 0.5) is 13.2 Å². The second-order valence-corrected chi connectivity index (χ2v) is 10.1. The van der Waals surface area contributed by atoms with E-state index in [2.05, 4.69) is 27.3 Å². The number of aliphatic imine (C=N–C) groups is 1. The molecule has 11 heteroatoms. The largest absolute Gasteiger partial charge is 0.455 e. The van der Waals surface area contributed by atoms with Crippen LogP contribution in [-0.2, 0) is 12.7 Å². The van der Waals surface area contributed by atoms with Crippen molar-refractivity contribution in [1.29, 1.82) is 5.26 Å². The lowest BCUT2D eigenvalue weighted by Crippen LogP contribution is -2.10. The number of aromatic nitrogens is 1. The molecule has 4 aromatic rings. The minimum absolute atomic E-state index is 0.0320. The molecule has 0 atom stereocenters. The topological polar surface area (TPSA) is 96.3 Å². The van der Waals surface area contributed by atoms with Crippen LogP contribution in [0.3, 0.4) is 0 Å². The molecule has 0 aliphatic heterocycles. The Kier molecular flexibility index (Phi) is 9.73. The van der Waals surface area contributed by atoms with E-state index in [0.29, 0.717) is 44.5 Å². The predicted octanol–water partition coefficient (Wildman–Crippen LogP) is 8.02. The van der Waals surface area contributed by atoms with Crippen LogP contribution in [-0.4, -0.2) is 16.4 Å². The average molecular weight is 592 g/mol. The molecule has 0 radical (unpaired) electrons. The summed E-state index contributed by atoms with van der Waals surface area (Å²) in [5.74, 6) is 0.748. The minimum Gasteiger partial charge on any atom is -0.455 e. The first-order chi connectivity index (χ1) is 19.7. The van der Waals surface area contributed by atoms with Crippen LogP contribution in [0.2, 0.25) is 0 Å². The van der Waals surface area contributed by atoms with Gasteiger partial charge in [0.05, 0.1) is 11.1 Å². The Hall–Kier alpha value is -4.24. The Morgan fingerprint density at radius 1 is 1.05 bits per heavy atom. The molecule has 0 saturated carbocycles. The average Bonchev–Trinajstić information content (AvgIpc) is 2.99. The minimum atomic E-state index is -4.51. The standard InChI is InChI=1S/C30H24F3N5OS2/c1-3-37-29(40-2)38-41-25-5-7-27(23(15-25)18-35)39-28-6-4-21(16-26(28)20-8-10-36-11-9-20)22-12-19(17-34)13-24(14-22)30(31,32)33/h3-16H,1,17,34H2,2H3,(H,37,38). The van der Waals surface area contributed by atoms with Gasteiger partial charge in [0.15, 0.2) is 5.17 Å². The van der Waals surface area contributed by atoms with E-state index < -0.39 is 11.7 Å². The summed E-state index contributed by atoms with van der Waals surface area (Å²) in [7, 11) is 0. The van der Waals surface area contributed by atoms with Gasteiger partial charge in [0.2, 0.25) is 0 Å². The number of hydrogen-bond acceptors (Lipinski definition) is 7. The van der Waals surface area contributed by atoms with Crippen LogP contribution in [0.25, 0.3) is 22.3 Å². The molecule has 0 fully saturated rings. The van der Waals surface area contributed by atoms with Crippen LogP contribution in [0, 0.1) is 11.3 Å². The number of nitrogens with one attached hydrogen (secondary N) is 1. The fraction of sp³-hybridized carbons (Fsp3) is 0.100. The number of nitrogens with zero attached hydrogens (tertiary/aromatic N) is 3. The number of hydrogen-bond donors (Lipinski definition) is 2. The van der Waals surface area contributed by atoms with Gasteiger partial charge in [0.25, 0.3) is 0 Å². The molecule has 0 aliphatic rings. The van der Waals surface area contributed by atoms with Gasteiger partial charge in [0, 0.05) is 35.6 Å². The molecule has 4 rings (SSSR count). The number of alkyl halides is 3. The molecular formula is C30H24F3N5OS2. The molecule has 6 nitrogen and oxygen atoms in total. The number of halogens is 3. The van der Waals surface area contributed by atoms with Gasteiger partial charge in [-0.25, -0.2) is 4.99 Å². The first-order valence-corrected chi connectivity index (χ1v) is 14.1. The molecule has 0 spiro atoms. The quantitative estimate of drug-likeness (QED) is 0.122. The number of amidine groups is 1. The van der Waals surface area contributed by atoms with Gasteiger partial charge in [-0.1, -0.05) is 24.4 Å². The number of nitriles is 1. The lowest BCUT2D eigenvalue weighted by atomic mass is 9.95. The maximum Gasteiger partial charge on any atom is 0.416 e. The van der Waals surface area contributed by atoms with Gasteiger partial charge < -0.3 is 15.2 Å². The molecule has 0 unspecified atom stereocenters. The highest BCUT2D eigenvalue weighted by atomic mass is 32.2. The first kappa shape index (κ1) is 29.7. The predicted molar refractivity (Wildman–Crippen MR) is 159 cm³/mol. The summed E-state index contributed by atoms with van der Waals surface area (Å²) in [6.07, 6.45) is 2.03. The van der Waals surface area contributed by atoms with Crippen molar-refractivity contribution in [3.8, 4) is 39.8 Å². The third-order valence-electron chi connectivity index (χ3n) is 5.81. The molecule has 0 saturated heterocycles. The van der Waals surface area contributed by atoms with Crippen molar-refractivity contribution in [3.05, 3.63) is 109 Å². The third kappa shape index (κ3) is 7.49. The zero-order valence-electron chi connectivity index (χ0n) is 21.8. The van der Waals surface area contributed by atoms with Gasteiger partial charge >= 0.3 is 6.18 Å². The fourth-order valence-corrected chi connectivity index (χ4v) is 5.08. The van der Waals surface area contributed by atoms with Gasteiger partial charge in [0.1, 0.15) is 17.6 Å². The molecule has 3 N–H and O–H groups in total. The highest BCUT2D eigenvalue weighted by molar-refractivity contribution is 8.14. The third-order valence-corrected chi connectivity index (χ3v) is 7.32. The number of rotatable bonds is 8. The van der Waals surface area contributed by atoms with Crippen LogP contribution in [0.1, 0.15) is 16.7 Å². The van der Waals surface area contributed by atoms with Crippen LogP contribution >= 0.6 is 23.7 Å². The Morgan fingerprint density at radius 3 is 2.46 bits per heavy atom. The smallest absolute Gasteiger partial charge is 0.416 e. The Bertz CT molecular complexity index is 1620. The van der Waals surface area contributed by atoms with Gasteiger partial charge in [-0.3, -0.25) is 4.98 Å². The first-order valence-electron chi connectivity index (χ1n) is 12.1. The lowest BCUT2D eigenvalue weighted by Gasteiger charge is -2.16. The van der Waals surface area contributed by atoms with Crippen molar-refractivity contribution < 1.29 is 17.9 Å². The van der Waals surface area contributed by atoms with Gasteiger partial charge in [-0.2, -0.15) is 18.4 Å². The molecule has 3 aromatic carbocycles. The number of ether oxygens (including phenoxy) is 1. The van der Waals surface area contributed by atoms with E-state index in [9.17, 15) is 18.4 Å². The van der Waals surface area contributed by atoms with Crippen molar-refractivity contribution >= 4 is 28.9 Å². The summed E-state index contributed by atoms with van der Waals surface area (Å²) in [6.45, 7) is 3.56. The maximum absolute atomic E-state index is 13.6. The second-order valence-electron chi connectivity index (χ2n) is 8.46. The fourth-order valence-electron chi connectivity index (χ4n) is 3.87. The van der Waals surface area contributed by atoms with E-state index in [1.165, 1.54) is 29.9 Å². The highest BCUT2D eigenvalue weighted by Crippen LogP contribution is 2.40. The maximum atomic E-state index is 13.6. The number of nitrogens with two attached hydrogens (primary N) is 1. The molecule has 0 aliphatic carbocycles. The van der Waals surface area contributed by atoms with E-state index in [4.69, 9.17) is 10.5 Å². The Labute approximate surface area is 244 Å². The molecular weight excluding hydrogens is 567 g/mol. The van der Waals surface area contributed by atoms with Crippen molar-refractivity contribution in [2.24, 2.45) is 10.7 Å². The van der Waals surface area contributed by atoms with Crippen molar-refractivity contribution in [3.63, 3.8) is 0 Å². The Morgan fingerprint density at radius 2 is 1.80 bits per heavy atom.